The average molecular weight is 192 g/mol. The average Bonchev–Trinajstić information content (AvgIpc) is 2.70. The van der Waals surface area contributed by atoms with Crippen molar-refractivity contribution in [2.24, 2.45) is 0 Å². The van der Waals surface area contributed by atoms with E-state index in [0.717, 1.165) is 5.56 Å². The van der Waals surface area contributed by atoms with Gasteiger partial charge < -0.3 is 5.32 Å². The van der Waals surface area contributed by atoms with Crippen LogP contribution < -0.4 is 5.32 Å². The fourth-order valence-corrected chi connectivity index (χ4v) is 1.05. The van der Waals surface area contributed by atoms with Gasteiger partial charge in [-0.15, -0.1) is 0 Å². The molecule has 72 valence electrons. The van der Waals surface area contributed by atoms with Gasteiger partial charge in [0.25, 0.3) is 0 Å². The summed E-state index contributed by atoms with van der Waals surface area (Å²) in [6.07, 6.45) is 4.69. The van der Waals surface area contributed by atoms with E-state index in [1.54, 1.807) is 18.5 Å². The Balaban J connectivity index is 1.95. The Morgan fingerprint density at radius 1 is 1.36 bits per heavy atom. The zero-order chi connectivity index (χ0) is 9.80. The molecule has 0 unspecified atom stereocenters. The van der Waals surface area contributed by atoms with Gasteiger partial charge in [-0.05, 0) is 12.1 Å². The van der Waals surface area contributed by atoms with Crippen molar-refractivity contribution in [1.82, 2.24) is 15.2 Å². The van der Waals surface area contributed by atoms with Gasteiger partial charge in [0.05, 0.1) is 12.4 Å². The van der Waals surface area contributed by atoms with Crippen LogP contribution in [0.25, 0.3) is 0 Å². The molecular formula is C9H9FN4. The Bertz CT molecular complexity index is 382. The molecule has 0 aromatic carbocycles. The van der Waals surface area contributed by atoms with Crippen LogP contribution in [0.15, 0.2) is 30.7 Å². The van der Waals surface area contributed by atoms with Crippen molar-refractivity contribution in [3.05, 3.63) is 42.1 Å². The van der Waals surface area contributed by atoms with E-state index in [4.69, 9.17) is 0 Å². The van der Waals surface area contributed by atoms with Gasteiger partial charge in [0.15, 0.2) is 0 Å². The van der Waals surface area contributed by atoms with Gasteiger partial charge in [-0.2, -0.15) is 5.10 Å². The number of anilines is 1. The highest BCUT2D eigenvalue weighted by molar-refractivity contribution is 5.34. The van der Waals surface area contributed by atoms with Crippen molar-refractivity contribution in [2.45, 2.75) is 6.54 Å². The topological polar surface area (TPSA) is 53.6 Å². The van der Waals surface area contributed by atoms with E-state index in [0.29, 0.717) is 12.4 Å². The first kappa shape index (κ1) is 8.68. The van der Waals surface area contributed by atoms with Crippen LogP contribution in [0.4, 0.5) is 10.2 Å². The first-order chi connectivity index (χ1) is 6.84. The third-order valence-electron chi connectivity index (χ3n) is 1.76. The quantitative estimate of drug-likeness (QED) is 0.775. The lowest BCUT2D eigenvalue weighted by Gasteiger charge is -2.02. The lowest BCUT2D eigenvalue weighted by molar-refractivity contribution is 0.621. The molecule has 2 aromatic rings. The van der Waals surface area contributed by atoms with Crippen LogP contribution in [0.1, 0.15) is 5.56 Å². The van der Waals surface area contributed by atoms with Crippen molar-refractivity contribution in [3.8, 4) is 0 Å². The summed E-state index contributed by atoms with van der Waals surface area (Å²) in [5, 5.41) is 9.54. The molecule has 0 fully saturated rings. The molecule has 0 aliphatic carbocycles. The molecule has 4 nitrogen and oxygen atoms in total. The molecule has 0 aliphatic heterocycles. The Morgan fingerprint density at radius 2 is 2.29 bits per heavy atom. The summed E-state index contributed by atoms with van der Waals surface area (Å²) in [7, 11) is 0. The molecule has 2 rings (SSSR count). The maximum absolute atomic E-state index is 12.5. The van der Waals surface area contributed by atoms with Gasteiger partial charge in [-0.25, -0.2) is 9.37 Å². The normalized spacial score (nSPS) is 10.1. The van der Waals surface area contributed by atoms with Crippen LogP contribution in [0.2, 0.25) is 0 Å². The number of H-pyrrole nitrogens is 1. The number of nitrogens with one attached hydrogen (secondary N) is 2. The van der Waals surface area contributed by atoms with Gasteiger partial charge in [-0.1, -0.05) is 0 Å². The maximum Gasteiger partial charge on any atom is 0.141 e. The maximum atomic E-state index is 12.5. The van der Waals surface area contributed by atoms with Crippen LogP contribution >= 0.6 is 0 Å². The smallest absolute Gasteiger partial charge is 0.141 e. The predicted molar refractivity (Wildman–Crippen MR) is 50.1 cm³/mol. The number of aromatic nitrogens is 3. The SMILES string of the molecule is Fc1ccc(NCc2cn[nH]c2)nc1. The third-order valence-corrected chi connectivity index (χ3v) is 1.76. The van der Waals surface area contributed by atoms with E-state index in [2.05, 4.69) is 20.5 Å². The third kappa shape index (κ3) is 2.07. The molecule has 0 spiro atoms. The highest BCUT2D eigenvalue weighted by atomic mass is 19.1. The van der Waals surface area contributed by atoms with Crippen LogP contribution in [0, 0.1) is 5.82 Å². The second-order valence-corrected chi connectivity index (χ2v) is 2.82. The zero-order valence-electron chi connectivity index (χ0n) is 7.37. The summed E-state index contributed by atoms with van der Waals surface area (Å²) in [5.41, 5.74) is 1.02. The lowest BCUT2D eigenvalue weighted by atomic mass is 10.3. The van der Waals surface area contributed by atoms with Gasteiger partial charge in [0.2, 0.25) is 0 Å². The standard InChI is InChI=1S/C9H9FN4/c10-8-1-2-9(12-6-8)11-3-7-4-13-14-5-7/h1-2,4-6H,3H2,(H,11,12)(H,13,14). The second kappa shape index (κ2) is 3.87. The molecule has 5 heteroatoms. The number of rotatable bonds is 3. The van der Waals surface area contributed by atoms with Gasteiger partial charge in [0, 0.05) is 18.3 Å². The van der Waals surface area contributed by atoms with Crippen molar-refractivity contribution >= 4 is 5.82 Å². The number of pyridine rings is 1. The van der Waals surface area contributed by atoms with Crippen molar-refractivity contribution in [3.63, 3.8) is 0 Å². The number of nitrogens with zero attached hydrogens (tertiary/aromatic N) is 2. The van der Waals surface area contributed by atoms with Crippen LogP contribution in [0.5, 0.6) is 0 Å². The Kier molecular flexibility index (Phi) is 2.40. The molecule has 2 N–H and O–H groups in total. The number of aromatic amines is 1. The molecule has 0 saturated carbocycles. The monoisotopic (exact) mass is 192 g/mol. The molecule has 0 aliphatic rings. The largest absolute Gasteiger partial charge is 0.366 e. The highest BCUT2D eigenvalue weighted by Gasteiger charge is 1.96. The molecule has 2 heterocycles. The van der Waals surface area contributed by atoms with Gasteiger partial charge in [0.1, 0.15) is 11.6 Å². The second-order valence-electron chi connectivity index (χ2n) is 2.82. The van der Waals surface area contributed by atoms with Crippen molar-refractivity contribution < 1.29 is 4.39 Å². The minimum atomic E-state index is -0.334. The zero-order valence-corrected chi connectivity index (χ0v) is 7.37. The number of hydrogen-bond donors (Lipinski definition) is 2. The number of hydrogen-bond acceptors (Lipinski definition) is 3. The fourth-order valence-electron chi connectivity index (χ4n) is 1.05. The van der Waals surface area contributed by atoms with E-state index < -0.39 is 0 Å². The molecule has 0 saturated heterocycles. The van der Waals surface area contributed by atoms with Crippen LogP contribution in [0.3, 0.4) is 0 Å². The first-order valence-corrected chi connectivity index (χ1v) is 4.18. The Hall–Kier alpha value is -1.91. The summed E-state index contributed by atoms with van der Waals surface area (Å²) in [4.78, 5) is 3.86. The predicted octanol–water partition coefficient (Wildman–Crippen LogP) is 1.56. The molecule has 0 radical (unpaired) electrons. The molecule has 0 amide bonds. The van der Waals surface area contributed by atoms with Crippen molar-refractivity contribution in [1.29, 1.82) is 0 Å². The van der Waals surface area contributed by atoms with Crippen LogP contribution in [-0.2, 0) is 6.54 Å². The first-order valence-electron chi connectivity index (χ1n) is 4.18. The fraction of sp³-hybridized carbons (Fsp3) is 0.111. The summed E-state index contributed by atoms with van der Waals surface area (Å²) in [6.45, 7) is 0.620. The molecular weight excluding hydrogens is 183 g/mol. The molecule has 14 heavy (non-hydrogen) atoms. The minimum absolute atomic E-state index is 0.334. The Labute approximate surface area is 80.2 Å². The van der Waals surface area contributed by atoms with E-state index in [1.807, 2.05) is 0 Å². The summed E-state index contributed by atoms with van der Waals surface area (Å²) in [6, 6.07) is 2.96. The number of halogens is 1. The summed E-state index contributed by atoms with van der Waals surface area (Å²) >= 11 is 0. The van der Waals surface area contributed by atoms with Gasteiger partial charge >= 0.3 is 0 Å². The van der Waals surface area contributed by atoms with Crippen molar-refractivity contribution in [2.75, 3.05) is 5.32 Å². The van der Waals surface area contributed by atoms with E-state index in [-0.39, 0.29) is 5.82 Å². The molecule has 0 bridgehead atoms. The van der Waals surface area contributed by atoms with Gasteiger partial charge in [-0.3, -0.25) is 5.10 Å². The minimum Gasteiger partial charge on any atom is -0.366 e. The highest BCUT2D eigenvalue weighted by Crippen LogP contribution is 2.05. The summed E-state index contributed by atoms with van der Waals surface area (Å²) < 4.78 is 12.5. The lowest BCUT2D eigenvalue weighted by Crippen LogP contribution is -2.00. The van der Waals surface area contributed by atoms with Crippen LogP contribution in [-0.4, -0.2) is 15.2 Å². The van der Waals surface area contributed by atoms with E-state index >= 15 is 0 Å². The summed E-state index contributed by atoms with van der Waals surface area (Å²) in [5.74, 6) is 0.312. The molecule has 0 atom stereocenters. The van der Waals surface area contributed by atoms with E-state index in [9.17, 15) is 4.39 Å². The van der Waals surface area contributed by atoms with E-state index in [1.165, 1.54) is 12.3 Å². The molecule has 2 aromatic heterocycles. The Morgan fingerprint density at radius 3 is 2.93 bits per heavy atom.